The second kappa shape index (κ2) is 10.1. The molecule has 0 spiro atoms. The number of imide groups is 1. The van der Waals surface area contributed by atoms with Crippen LogP contribution >= 0.6 is 11.6 Å². The van der Waals surface area contributed by atoms with Crippen LogP contribution in [0.4, 0.5) is 11.4 Å². The zero-order chi connectivity index (χ0) is 23.3. The summed E-state index contributed by atoms with van der Waals surface area (Å²) >= 11 is 6.16. The first kappa shape index (κ1) is 23.0. The molecule has 0 saturated carbocycles. The predicted molar refractivity (Wildman–Crippen MR) is 118 cm³/mol. The smallest absolute Gasteiger partial charge is 0.338 e. The maximum Gasteiger partial charge on any atom is 0.338 e. The topological polar surface area (TPSA) is 102 Å². The number of methoxy groups -OCH3 is 1. The van der Waals surface area contributed by atoms with Crippen LogP contribution in [0, 0.1) is 0 Å². The third kappa shape index (κ3) is 4.81. The lowest BCUT2D eigenvalue weighted by Gasteiger charge is -2.16. The zero-order valence-electron chi connectivity index (χ0n) is 17.5. The van der Waals surface area contributed by atoms with E-state index in [9.17, 15) is 19.2 Å². The van der Waals surface area contributed by atoms with Crippen LogP contribution in [-0.4, -0.2) is 37.5 Å². The molecule has 9 heteroatoms. The van der Waals surface area contributed by atoms with E-state index in [1.165, 1.54) is 37.4 Å². The molecule has 166 valence electrons. The highest BCUT2D eigenvalue weighted by Crippen LogP contribution is 2.30. The average Bonchev–Trinajstić information content (AvgIpc) is 3.02. The number of unbranched alkanes of at least 4 members (excludes halogenated alkanes) is 1. The van der Waals surface area contributed by atoms with Crippen molar-refractivity contribution in [3.05, 3.63) is 70.4 Å². The molecule has 0 atom stereocenters. The molecular weight excluding hydrogens is 436 g/mol. The first-order valence-corrected chi connectivity index (χ1v) is 10.3. The van der Waals surface area contributed by atoms with Gasteiger partial charge in [0.2, 0.25) is 0 Å². The maximum atomic E-state index is 13.0. The average molecular weight is 457 g/mol. The Morgan fingerprint density at radius 2 is 1.69 bits per heavy atom. The number of ether oxygens (including phenoxy) is 2. The Kier molecular flexibility index (Phi) is 7.27. The highest BCUT2D eigenvalue weighted by atomic mass is 35.5. The largest absolute Gasteiger partial charge is 0.465 e. The molecule has 0 aromatic heterocycles. The van der Waals surface area contributed by atoms with Gasteiger partial charge in [0.1, 0.15) is 10.7 Å². The number of esters is 2. The second-order valence-corrected chi connectivity index (χ2v) is 7.25. The lowest BCUT2D eigenvalue weighted by atomic mass is 10.2. The zero-order valence-corrected chi connectivity index (χ0v) is 18.3. The van der Waals surface area contributed by atoms with E-state index in [4.69, 9.17) is 16.3 Å². The summed E-state index contributed by atoms with van der Waals surface area (Å²) in [7, 11) is 1.23. The van der Waals surface area contributed by atoms with Gasteiger partial charge in [-0.15, -0.1) is 0 Å². The van der Waals surface area contributed by atoms with Crippen molar-refractivity contribution in [1.29, 1.82) is 0 Å². The van der Waals surface area contributed by atoms with E-state index in [0.717, 1.165) is 17.7 Å². The van der Waals surface area contributed by atoms with Crippen molar-refractivity contribution in [3.8, 4) is 0 Å². The lowest BCUT2D eigenvalue weighted by Crippen LogP contribution is -2.32. The fourth-order valence-electron chi connectivity index (χ4n) is 3.00. The van der Waals surface area contributed by atoms with Crippen LogP contribution in [0.5, 0.6) is 0 Å². The Labute approximate surface area is 189 Å². The number of nitrogens with zero attached hydrogens (tertiary/aromatic N) is 1. The highest BCUT2D eigenvalue weighted by molar-refractivity contribution is 6.53. The Bertz CT molecular complexity index is 1110. The van der Waals surface area contributed by atoms with E-state index in [1.54, 1.807) is 18.2 Å². The van der Waals surface area contributed by atoms with Gasteiger partial charge in [0, 0.05) is 5.69 Å². The van der Waals surface area contributed by atoms with Gasteiger partial charge >= 0.3 is 11.9 Å². The van der Waals surface area contributed by atoms with Crippen molar-refractivity contribution in [3.63, 3.8) is 0 Å². The number of carbonyl (C=O) groups is 4. The molecule has 0 aliphatic carbocycles. The fraction of sp³-hybridized carbons (Fsp3) is 0.217. The summed E-state index contributed by atoms with van der Waals surface area (Å²) in [5, 5.41) is 2.51. The predicted octanol–water partition coefficient (Wildman–Crippen LogP) is 3.87. The van der Waals surface area contributed by atoms with Gasteiger partial charge in [-0.2, -0.15) is 0 Å². The molecule has 32 heavy (non-hydrogen) atoms. The van der Waals surface area contributed by atoms with E-state index in [0.29, 0.717) is 17.9 Å². The molecule has 1 heterocycles. The van der Waals surface area contributed by atoms with Gasteiger partial charge in [-0.3, -0.25) is 9.59 Å². The summed E-state index contributed by atoms with van der Waals surface area (Å²) in [5.74, 6) is -2.53. The van der Waals surface area contributed by atoms with Crippen LogP contribution < -0.4 is 10.2 Å². The molecule has 0 saturated heterocycles. The Morgan fingerprint density at radius 3 is 2.38 bits per heavy atom. The van der Waals surface area contributed by atoms with E-state index in [2.05, 4.69) is 10.1 Å². The highest BCUT2D eigenvalue weighted by Gasteiger charge is 2.39. The van der Waals surface area contributed by atoms with E-state index >= 15 is 0 Å². The minimum Gasteiger partial charge on any atom is -0.465 e. The molecule has 2 amide bonds. The summed E-state index contributed by atoms with van der Waals surface area (Å²) in [4.78, 5) is 50.5. The van der Waals surface area contributed by atoms with Gasteiger partial charge in [-0.25, -0.2) is 14.5 Å². The number of hydrogen-bond donors (Lipinski definition) is 1. The molecule has 1 aliphatic rings. The SMILES string of the molecule is CCCCOC(=O)c1cccc(NC2=C(Cl)C(=O)N(c3cccc(C(=O)OC)c3)C2=O)c1. The summed E-state index contributed by atoms with van der Waals surface area (Å²) in [5.41, 5.74) is 0.886. The van der Waals surface area contributed by atoms with Gasteiger partial charge in [0.15, 0.2) is 0 Å². The Hall–Kier alpha value is -3.65. The molecule has 0 bridgehead atoms. The molecular formula is C23H21ClN2O6. The van der Waals surface area contributed by atoms with Crippen molar-refractivity contribution in [2.24, 2.45) is 0 Å². The summed E-state index contributed by atoms with van der Waals surface area (Å²) in [6.45, 7) is 2.31. The first-order valence-electron chi connectivity index (χ1n) is 9.88. The Morgan fingerprint density at radius 1 is 1.00 bits per heavy atom. The molecule has 8 nitrogen and oxygen atoms in total. The third-order valence-electron chi connectivity index (χ3n) is 4.65. The van der Waals surface area contributed by atoms with Crippen LogP contribution in [0.1, 0.15) is 40.5 Å². The minimum atomic E-state index is -0.740. The molecule has 0 unspecified atom stereocenters. The number of carbonyl (C=O) groups excluding carboxylic acids is 4. The number of halogens is 1. The van der Waals surface area contributed by atoms with E-state index < -0.39 is 23.8 Å². The molecule has 0 radical (unpaired) electrons. The standard InChI is InChI=1S/C23H21ClN2O6/c1-3-4-11-32-23(30)14-7-5-9-16(12-14)25-19-18(24)20(27)26(21(19)28)17-10-6-8-15(13-17)22(29)31-2/h5-10,12-13,25H,3-4,11H2,1-2H3. The van der Waals surface area contributed by atoms with Crippen LogP contribution in [0.2, 0.25) is 0 Å². The summed E-state index contributed by atoms with van der Waals surface area (Å²) in [6.07, 6.45) is 1.66. The van der Waals surface area contributed by atoms with Crippen molar-refractivity contribution in [2.45, 2.75) is 19.8 Å². The van der Waals surface area contributed by atoms with Crippen LogP contribution in [0.3, 0.4) is 0 Å². The van der Waals surface area contributed by atoms with Crippen molar-refractivity contribution >= 4 is 46.7 Å². The second-order valence-electron chi connectivity index (χ2n) is 6.87. The third-order valence-corrected chi connectivity index (χ3v) is 5.00. The molecule has 0 fully saturated rings. The molecule has 2 aromatic carbocycles. The number of benzene rings is 2. The Balaban J connectivity index is 1.81. The number of nitrogens with one attached hydrogen (secondary N) is 1. The lowest BCUT2D eigenvalue weighted by molar-refractivity contribution is -0.120. The molecule has 3 rings (SSSR count). The monoisotopic (exact) mass is 456 g/mol. The number of hydrogen-bond acceptors (Lipinski definition) is 7. The molecule has 1 aliphatic heterocycles. The first-order chi connectivity index (χ1) is 15.4. The van der Waals surface area contributed by atoms with Gasteiger partial charge in [0.25, 0.3) is 11.8 Å². The number of anilines is 2. The minimum absolute atomic E-state index is 0.142. The van der Waals surface area contributed by atoms with Crippen molar-refractivity contribution < 1.29 is 28.7 Å². The van der Waals surface area contributed by atoms with Crippen LogP contribution in [0.15, 0.2) is 59.3 Å². The normalized spacial score (nSPS) is 13.4. The summed E-state index contributed by atoms with van der Waals surface area (Å²) < 4.78 is 9.87. The molecule has 1 N–H and O–H groups in total. The van der Waals surface area contributed by atoms with Crippen LogP contribution in [-0.2, 0) is 19.1 Å². The number of rotatable bonds is 8. The van der Waals surface area contributed by atoms with E-state index in [1.807, 2.05) is 6.92 Å². The van der Waals surface area contributed by atoms with Gasteiger partial charge < -0.3 is 14.8 Å². The van der Waals surface area contributed by atoms with Crippen molar-refractivity contribution in [1.82, 2.24) is 0 Å². The van der Waals surface area contributed by atoms with Crippen LogP contribution in [0.25, 0.3) is 0 Å². The van der Waals surface area contributed by atoms with Gasteiger partial charge in [-0.1, -0.05) is 37.1 Å². The quantitative estimate of drug-likeness (QED) is 0.365. The van der Waals surface area contributed by atoms with Gasteiger partial charge in [0.05, 0.1) is 30.5 Å². The van der Waals surface area contributed by atoms with E-state index in [-0.39, 0.29) is 22.0 Å². The number of amides is 2. The fourth-order valence-corrected chi connectivity index (χ4v) is 3.21. The van der Waals surface area contributed by atoms with Gasteiger partial charge in [-0.05, 0) is 42.8 Å². The molecule has 2 aromatic rings. The summed E-state index contributed by atoms with van der Waals surface area (Å²) in [6, 6.07) is 12.2. The van der Waals surface area contributed by atoms with Crippen molar-refractivity contribution in [2.75, 3.05) is 23.9 Å². The maximum absolute atomic E-state index is 13.0.